The lowest BCUT2D eigenvalue weighted by molar-refractivity contribution is -0.139. The number of carboxylic acids is 1. The van der Waals surface area contributed by atoms with E-state index in [1.54, 1.807) is 32.4 Å². The Hall–Kier alpha value is -1.95. The zero-order valence-electron chi connectivity index (χ0n) is 12.3. The number of benzene rings is 1. The second-order valence-corrected chi connectivity index (χ2v) is 5.02. The average molecular weight is 295 g/mol. The molecule has 0 amide bonds. The van der Waals surface area contributed by atoms with Gasteiger partial charge in [-0.1, -0.05) is 0 Å². The van der Waals surface area contributed by atoms with Crippen molar-refractivity contribution in [3.8, 4) is 17.2 Å². The molecule has 0 radical (unpaired) electrons. The summed E-state index contributed by atoms with van der Waals surface area (Å²) in [5.74, 6) is 1.03. The lowest BCUT2D eigenvalue weighted by Crippen LogP contribution is -2.39. The second-order valence-electron chi connectivity index (χ2n) is 5.02. The van der Waals surface area contributed by atoms with Crippen molar-refractivity contribution in [3.63, 3.8) is 0 Å². The molecule has 0 aromatic heterocycles. The molecule has 1 aromatic rings. The first-order chi connectivity index (χ1) is 10.1. The van der Waals surface area contributed by atoms with Crippen molar-refractivity contribution >= 4 is 5.97 Å². The van der Waals surface area contributed by atoms with Crippen LogP contribution in [0.1, 0.15) is 19.3 Å². The third kappa shape index (κ3) is 4.82. The Balaban J connectivity index is 1.87. The van der Waals surface area contributed by atoms with E-state index < -0.39 is 12.0 Å². The van der Waals surface area contributed by atoms with Gasteiger partial charge in [0.2, 0.25) is 0 Å². The van der Waals surface area contributed by atoms with Gasteiger partial charge in [-0.15, -0.1) is 0 Å². The first-order valence-corrected chi connectivity index (χ1v) is 6.97. The Morgan fingerprint density at radius 1 is 1.24 bits per heavy atom. The van der Waals surface area contributed by atoms with E-state index in [9.17, 15) is 4.79 Å². The molecule has 1 aliphatic rings. The first-order valence-electron chi connectivity index (χ1n) is 6.97. The van der Waals surface area contributed by atoms with E-state index >= 15 is 0 Å². The summed E-state index contributed by atoms with van der Waals surface area (Å²) in [5.41, 5.74) is 0. The topological polar surface area (TPSA) is 77.0 Å². The zero-order valence-corrected chi connectivity index (χ0v) is 12.3. The molecule has 116 valence electrons. The molecule has 0 aliphatic heterocycles. The Labute approximate surface area is 124 Å². The number of carboxylic acid groups (broad SMARTS) is 1. The quantitative estimate of drug-likeness (QED) is 0.722. The van der Waals surface area contributed by atoms with Crippen LogP contribution in [-0.4, -0.2) is 44.0 Å². The molecular weight excluding hydrogens is 274 g/mol. The van der Waals surface area contributed by atoms with Crippen LogP contribution in [0.4, 0.5) is 0 Å². The molecule has 1 atom stereocenters. The molecule has 6 heteroatoms. The molecule has 0 saturated heterocycles. The highest BCUT2D eigenvalue weighted by Gasteiger charge is 2.28. The van der Waals surface area contributed by atoms with Crippen LogP contribution in [0, 0.1) is 0 Å². The maximum atomic E-state index is 11.1. The van der Waals surface area contributed by atoms with Crippen molar-refractivity contribution in [3.05, 3.63) is 18.2 Å². The van der Waals surface area contributed by atoms with E-state index in [0.717, 1.165) is 12.8 Å². The minimum atomic E-state index is -0.839. The second kappa shape index (κ2) is 7.17. The molecular formula is C15H21NO5. The molecule has 6 nitrogen and oxygen atoms in total. The molecule has 0 spiro atoms. The fourth-order valence-electron chi connectivity index (χ4n) is 1.97. The summed E-state index contributed by atoms with van der Waals surface area (Å²) in [6, 6.07) is 5.02. The van der Waals surface area contributed by atoms with Crippen molar-refractivity contribution in [2.45, 2.75) is 31.3 Å². The molecule has 1 aliphatic carbocycles. The summed E-state index contributed by atoms with van der Waals surface area (Å²) < 4.78 is 15.9. The van der Waals surface area contributed by atoms with E-state index in [4.69, 9.17) is 19.3 Å². The third-order valence-corrected chi connectivity index (χ3v) is 3.31. The lowest BCUT2D eigenvalue weighted by Gasteiger charge is -2.15. The first kappa shape index (κ1) is 15.4. The Kier molecular flexibility index (Phi) is 5.27. The normalized spacial score (nSPS) is 15.3. The molecule has 21 heavy (non-hydrogen) atoms. The van der Waals surface area contributed by atoms with Gasteiger partial charge < -0.3 is 24.6 Å². The van der Waals surface area contributed by atoms with Gasteiger partial charge in [0, 0.05) is 30.7 Å². The number of aliphatic carboxylic acids is 1. The van der Waals surface area contributed by atoms with Gasteiger partial charge in [-0.2, -0.15) is 0 Å². The Bertz CT molecular complexity index is 465. The predicted molar refractivity (Wildman–Crippen MR) is 77.2 cm³/mol. The van der Waals surface area contributed by atoms with Crippen molar-refractivity contribution in [2.75, 3.05) is 20.8 Å². The Morgan fingerprint density at radius 2 is 1.81 bits per heavy atom. The number of rotatable bonds is 9. The van der Waals surface area contributed by atoms with Crippen LogP contribution in [0.25, 0.3) is 0 Å². The van der Waals surface area contributed by atoms with E-state index in [2.05, 4.69) is 5.32 Å². The highest BCUT2D eigenvalue weighted by molar-refractivity contribution is 5.73. The maximum absolute atomic E-state index is 11.1. The highest BCUT2D eigenvalue weighted by atomic mass is 16.5. The summed E-state index contributed by atoms with van der Waals surface area (Å²) in [7, 11) is 3.14. The van der Waals surface area contributed by atoms with Crippen molar-refractivity contribution < 1.29 is 24.1 Å². The highest BCUT2D eigenvalue weighted by Crippen LogP contribution is 2.27. The molecule has 1 saturated carbocycles. The monoisotopic (exact) mass is 295 g/mol. The molecule has 2 rings (SSSR count). The van der Waals surface area contributed by atoms with Gasteiger partial charge in [0.05, 0.1) is 20.8 Å². The van der Waals surface area contributed by atoms with Crippen LogP contribution < -0.4 is 19.5 Å². The SMILES string of the molecule is COc1cc(OC)cc(OCCC(NC2CC2)C(=O)O)c1. The third-order valence-electron chi connectivity index (χ3n) is 3.31. The van der Waals surface area contributed by atoms with Crippen molar-refractivity contribution in [1.82, 2.24) is 5.32 Å². The van der Waals surface area contributed by atoms with E-state index in [1.165, 1.54) is 0 Å². The van der Waals surface area contributed by atoms with Gasteiger partial charge in [-0.05, 0) is 12.8 Å². The van der Waals surface area contributed by atoms with Gasteiger partial charge in [0.25, 0.3) is 0 Å². The van der Waals surface area contributed by atoms with E-state index in [-0.39, 0.29) is 0 Å². The number of hydrogen-bond acceptors (Lipinski definition) is 5. The Morgan fingerprint density at radius 3 is 2.29 bits per heavy atom. The number of carbonyl (C=O) groups is 1. The van der Waals surface area contributed by atoms with Gasteiger partial charge in [-0.25, -0.2) is 0 Å². The molecule has 1 aromatic carbocycles. The van der Waals surface area contributed by atoms with Gasteiger partial charge in [0.15, 0.2) is 0 Å². The van der Waals surface area contributed by atoms with Gasteiger partial charge in [0.1, 0.15) is 23.3 Å². The number of nitrogens with one attached hydrogen (secondary N) is 1. The van der Waals surface area contributed by atoms with Crippen LogP contribution in [0.5, 0.6) is 17.2 Å². The van der Waals surface area contributed by atoms with E-state index in [0.29, 0.717) is 36.3 Å². The maximum Gasteiger partial charge on any atom is 0.320 e. The fourth-order valence-corrected chi connectivity index (χ4v) is 1.97. The molecule has 0 heterocycles. The summed E-state index contributed by atoms with van der Waals surface area (Å²) in [6.45, 7) is 0.313. The van der Waals surface area contributed by atoms with Crippen LogP contribution in [0.2, 0.25) is 0 Å². The lowest BCUT2D eigenvalue weighted by atomic mass is 10.2. The number of ether oxygens (including phenoxy) is 3. The van der Waals surface area contributed by atoms with E-state index in [1.807, 2.05) is 0 Å². The predicted octanol–water partition coefficient (Wildman–Crippen LogP) is 1.68. The standard InChI is InChI=1S/C15H21NO5/c1-19-11-7-12(20-2)9-13(8-11)21-6-5-14(15(17)18)16-10-3-4-10/h7-10,14,16H,3-6H2,1-2H3,(H,17,18). The summed E-state index contributed by atoms with van der Waals surface area (Å²) in [5, 5.41) is 12.2. The van der Waals surface area contributed by atoms with Crippen LogP contribution in [-0.2, 0) is 4.79 Å². The summed E-state index contributed by atoms with van der Waals surface area (Å²) in [6.07, 6.45) is 2.51. The minimum absolute atomic E-state index is 0.313. The largest absolute Gasteiger partial charge is 0.496 e. The summed E-state index contributed by atoms with van der Waals surface area (Å²) in [4.78, 5) is 11.1. The van der Waals surface area contributed by atoms with Gasteiger partial charge >= 0.3 is 5.97 Å². The molecule has 0 bridgehead atoms. The summed E-state index contributed by atoms with van der Waals surface area (Å²) >= 11 is 0. The molecule has 1 unspecified atom stereocenters. The smallest absolute Gasteiger partial charge is 0.320 e. The van der Waals surface area contributed by atoms with Crippen molar-refractivity contribution in [1.29, 1.82) is 0 Å². The van der Waals surface area contributed by atoms with Crippen molar-refractivity contribution in [2.24, 2.45) is 0 Å². The zero-order chi connectivity index (χ0) is 15.2. The van der Waals surface area contributed by atoms with Gasteiger partial charge in [-0.3, -0.25) is 4.79 Å². The average Bonchev–Trinajstić information content (AvgIpc) is 3.29. The van der Waals surface area contributed by atoms with Crippen LogP contribution >= 0.6 is 0 Å². The number of hydrogen-bond donors (Lipinski definition) is 2. The van der Waals surface area contributed by atoms with Crippen LogP contribution in [0.3, 0.4) is 0 Å². The van der Waals surface area contributed by atoms with Crippen LogP contribution in [0.15, 0.2) is 18.2 Å². The minimum Gasteiger partial charge on any atom is -0.496 e. The fraction of sp³-hybridized carbons (Fsp3) is 0.533. The molecule has 2 N–H and O–H groups in total. The number of methoxy groups -OCH3 is 2. The molecule has 1 fully saturated rings.